The summed E-state index contributed by atoms with van der Waals surface area (Å²) in [5.74, 6) is 1.27. The Balaban J connectivity index is 1.46. The number of ether oxygens (including phenoxy) is 2. The molecule has 1 aromatic carbocycles. The lowest BCUT2D eigenvalue weighted by molar-refractivity contribution is 0.160. The van der Waals surface area contributed by atoms with Crippen LogP contribution in [0.15, 0.2) is 49.1 Å². The van der Waals surface area contributed by atoms with E-state index in [-0.39, 0.29) is 12.2 Å². The number of nitrogens with zero attached hydrogens (tertiary/aromatic N) is 4. The number of H-pyrrole nitrogens is 1. The molecule has 1 atom stereocenters. The second-order valence-electron chi connectivity index (χ2n) is 8.24. The van der Waals surface area contributed by atoms with E-state index in [1.54, 1.807) is 18.6 Å². The van der Waals surface area contributed by atoms with Gasteiger partial charge in [0.25, 0.3) is 0 Å². The van der Waals surface area contributed by atoms with E-state index in [1.165, 1.54) is 0 Å². The molecule has 1 aliphatic heterocycles. The third kappa shape index (κ3) is 4.40. The van der Waals surface area contributed by atoms with Crippen LogP contribution in [0.5, 0.6) is 11.6 Å². The molecule has 0 saturated carbocycles. The number of rotatable bonds is 6. The number of hydrogen-bond donors (Lipinski definition) is 2. The number of hydrogen-bond acceptors (Lipinski definition) is 7. The Morgan fingerprint density at radius 1 is 1.03 bits per heavy atom. The van der Waals surface area contributed by atoms with Crippen molar-refractivity contribution in [1.29, 1.82) is 0 Å². The van der Waals surface area contributed by atoms with Crippen LogP contribution >= 0.6 is 0 Å². The molecule has 1 saturated heterocycles. The van der Waals surface area contributed by atoms with Crippen molar-refractivity contribution >= 4 is 10.9 Å². The van der Waals surface area contributed by atoms with Crippen LogP contribution in [0.4, 0.5) is 0 Å². The van der Waals surface area contributed by atoms with E-state index in [0.29, 0.717) is 11.6 Å². The summed E-state index contributed by atoms with van der Waals surface area (Å²) in [4.78, 5) is 13.4. The van der Waals surface area contributed by atoms with Crippen molar-refractivity contribution in [2.75, 3.05) is 13.1 Å². The molecule has 4 aromatic rings. The second-order valence-corrected chi connectivity index (χ2v) is 8.24. The highest BCUT2D eigenvalue weighted by molar-refractivity contribution is 5.94. The van der Waals surface area contributed by atoms with Crippen LogP contribution in [0.25, 0.3) is 33.4 Å². The van der Waals surface area contributed by atoms with Crippen LogP contribution in [0.2, 0.25) is 0 Å². The van der Waals surface area contributed by atoms with Gasteiger partial charge >= 0.3 is 0 Å². The Kier molecular flexibility index (Phi) is 5.68. The molecule has 32 heavy (non-hydrogen) atoms. The lowest BCUT2D eigenvalue weighted by Crippen LogP contribution is -2.37. The highest BCUT2D eigenvalue weighted by atomic mass is 16.5. The van der Waals surface area contributed by atoms with Crippen molar-refractivity contribution in [2.24, 2.45) is 0 Å². The van der Waals surface area contributed by atoms with Gasteiger partial charge in [0.15, 0.2) is 0 Å². The van der Waals surface area contributed by atoms with E-state index in [9.17, 15) is 0 Å². The number of aromatic amines is 1. The maximum Gasteiger partial charge on any atom is 0.233 e. The monoisotopic (exact) mass is 430 g/mol. The van der Waals surface area contributed by atoms with Crippen molar-refractivity contribution in [3.05, 3.63) is 49.1 Å². The van der Waals surface area contributed by atoms with Gasteiger partial charge in [-0.15, -0.1) is 0 Å². The number of benzene rings is 1. The predicted molar refractivity (Wildman–Crippen MR) is 123 cm³/mol. The van der Waals surface area contributed by atoms with Crippen LogP contribution in [0, 0.1) is 0 Å². The van der Waals surface area contributed by atoms with E-state index in [2.05, 4.69) is 36.5 Å². The topological polar surface area (TPSA) is 97.8 Å². The molecular formula is C24H26N6O2. The minimum absolute atomic E-state index is 0.0902. The summed E-state index contributed by atoms with van der Waals surface area (Å²) < 4.78 is 11.8. The van der Waals surface area contributed by atoms with Gasteiger partial charge in [0.2, 0.25) is 5.88 Å². The third-order valence-corrected chi connectivity index (χ3v) is 5.38. The van der Waals surface area contributed by atoms with Gasteiger partial charge in [0.1, 0.15) is 23.2 Å². The fraction of sp³-hybridized carbons (Fsp3) is 0.333. The third-order valence-electron chi connectivity index (χ3n) is 5.38. The zero-order valence-electron chi connectivity index (χ0n) is 18.2. The summed E-state index contributed by atoms with van der Waals surface area (Å²) >= 11 is 0. The Labute approximate surface area is 186 Å². The quantitative estimate of drug-likeness (QED) is 0.477. The first-order valence-corrected chi connectivity index (χ1v) is 11.0. The largest absolute Gasteiger partial charge is 0.489 e. The second kappa shape index (κ2) is 8.92. The zero-order chi connectivity index (χ0) is 21.9. The average Bonchev–Trinajstić information content (AvgIpc) is 3.23. The fourth-order valence-electron chi connectivity index (χ4n) is 3.91. The maximum absolute atomic E-state index is 6.05. The lowest BCUT2D eigenvalue weighted by atomic mass is 10.0. The molecule has 3 aromatic heterocycles. The molecule has 0 aliphatic carbocycles. The van der Waals surface area contributed by atoms with Gasteiger partial charge in [0.05, 0.1) is 30.2 Å². The highest BCUT2D eigenvalue weighted by Gasteiger charge is 2.17. The maximum atomic E-state index is 6.05. The van der Waals surface area contributed by atoms with Crippen LogP contribution in [-0.2, 0) is 0 Å². The van der Waals surface area contributed by atoms with Crippen molar-refractivity contribution in [1.82, 2.24) is 30.5 Å². The summed E-state index contributed by atoms with van der Waals surface area (Å²) in [6.45, 7) is 5.86. The van der Waals surface area contributed by atoms with Gasteiger partial charge in [0, 0.05) is 23.7 Å². The van der Waals surface area contributed by atoms with Crippen molar-refractivity contribution in [3.8, 4) is 34.1 Å². The standard InChI is InChI=1S/C24H26N6O2/c1-15(2)31-19-8-17(10-26-12-19)16-5-6-21-20(9-16)24(30-29-21)22-13-27-14-23(28-22)32-18-4-3-7-25-11-18/h5-6,8-10,12-15,18,25H,3-4,7,11H2,1-2H3,(H,29,30)/t18-/m1/s1. The molecule has 0 spiro atoms. The molecule has 2 N–H and O–H groups in total. The number of fused-ring (bicyclic) bond motifs is 1. The normalized spacial score (nSPS) is 16.4. The summed E-state index contributed by atoms with van der Waals surface area (Å²) in [5, 5.41) is 11.9. The molecule has 8 nitrogen and oxygen atoms in total. The van der Waals surface area contributed by atoms with Gasteiger partial charge in [-0.3, -0.25) is 15.1 Å². The Hall–Kier alpha value is -3.52. The molecule has 1 aliphatic rings. The van der Waals surface area contributed by atoms with Crippen LogP contribution in [0.3, 0.4) is 0 Å². The summed E-state index contributed by atoms with van der Waals surface area (Å²) in [5.41, 5.74) is 4.34. The minimum atomic E-state index is 0.0902. The molecule has 4 heterocycles. The van der Waals surface area contributed by atoms with E-state index < -0.39 is 0 Å². The van der Waals surface area contributed by atoms with Gasteiger partial charge in [-0.1, -0.05) is 6.07 Å². The van der Waals surface area contributed by atoms with Crippen molar-refractivity contribution in [2.45, 2.75) is 38.9 Å². The number of nitrogens with one attached hydrogen (secondary N) is 2. The number of pyridine rings is 1. The van der Waals surface area contributed by atoms with E-state index >= 15 is 0 Å². The first-order chi connectivity index (χ1) is 15.7. The Morgan fingerprint density at radius 3 is 2.78 bits per heavy atom. The molecule has 0 amide bonds. The summed E-state index contributed by atoms with van der Waals surface area (Å²) in [6.07, 6.45) is 9.26. The predicted octanol–water partition coefficient (Wildman–Crippen LogP) is 4.00. The Morgan fingerprint density at radius 2 is 1.94 bits per heavy atom. The average molecular weight is 431 g/mol. The molecule has 1 fully saturated rings. The Bertz CT molecular complexity index is 1220. The molecule has 0 bridgehead atoms. The van der Waals surface area contributed by atoms with E-state index in [1.807, 2.05) is 38.2 Å². The van der Waals surface area contributed by atoms with Crippen LogP contribution in [-0.4, -0.2) is 50.4 Å². The number of piperidine rings is 1. The first-order valence-electron chi connectivity index (χ1n) is 11.0. The van der Waals surface area contributed by atoms with E-state index in [4.69, 9.17) is 9.47 Å². The SMILES string of the molecule is CC(C)Oc1cncc(-c2ccc3[nH]nc(-c4cncc(O[C@@H]5CCCNC5)n4)c3c2)c1. The summed E-state index contributed by atoms with van der Waals surface area (Å²) in [7, 11) is 0. The lowest BCUT2D eigenvalue weighted by Gasteiger charge is -2.23. The van der Waals surface area contributed by atoms with Gasteiger partial charge in [-0.25, -0.2) is 4.98 Å². The van der Waals surface area contributed by atoms with Gasteiger partial charge < -0.3 is 14.8 Å². The van der Waals surface area contributed by atoms with E-state index in [0.717, 1.165) is 59.4 Å². The van der Waals surface area contributed by atoms with Crippen molar-refractivity contribution in [3.63, 3.8) is 0 Å². The van der Waals surface area contributed by atoms with Crippen LogP contribution in [0.1, 0.15) is 26.7 Å². The first kappa shape index (κ1) is 20.4. The minimum Gasteiger partial charge on any atom is -0.489 e. The fourth-order valence-corrected chi connectivity index (χ4v) is 3.91. The molecule has 8 heteroatoms. The smallest absolute Gasteiger partial charge is 0.233 e. The number of aromatic nitrogens is 5. The molecule has 164 valence electrons. The highest BCUT2D eigenvalue weighted by Crippen LogP contribution is 2.31. The molecular weight excluding hydrogens is 404 g/mol. The van der Waals surface area contributed by atoms with Gasteiger partial charge in [-0.05, 0) is 57.0 Å². The molecule has 5 rings (SSSR count). The van der Waals surface area contributed by atoms with Gasteiger partial charge in [-0.2, -0.15) is 5.10 Å². The summed E-state index contributed by atoms with van der Waals surface area (Å²) in [6, 6.07) is 8.14. The van der Waals surface area contributed by atoms with Crippen LogP contribution < -0.4 is 14.8 Å². The van der Waals surface area contributed by atoms with Crippen molar-refractivity contribution < 1.29 is 9.47 Å². The molecule has 0 unspecified atom stereocenters. The zero-order valence-corrected chi connectivity index (χ0v) is 18.2. The molecule has 0 radical (unpaired) electrons.